The van der Waals surface area contributed by atoms with Gasteiger partial charge >= 0.3 is 0 Å². The van der Waals surface area contributed by atoms with E-state index in [0.717, 1.165) is 6.54 Å². The Morgan fingerprint density at radius 2 is 2.00 bits per heavy atom. The molecule has 0 aliphatic carbocycles. The molecule has 1 N–H and O–H groups in total. The lowest BCUT2D eigenvalue weighted by molar-refractivity contribution is -0.131. The van der Waals surface area contributed by atoms with E-state index in [1.165, 1.54) is 0 Å². The Bertz CT molecular complexity index is 177. The zero-order valence-electron chi connectivity index (χ0n) is 8.42. The standard InChI is InChI=1S/C10H19NO/c1-6(2)9-8(4)7(3)5-11-10(9)12/h6-9H,5H2,1-4H3,(H,11,12). The Kier molecular flexibility index (Phi) is 2.76. The molecule has 12 heavy (non-hydrogen) atoms. The van der Waals surface area contributed by atoms with E-state index in [4.69, 9.17) is 0 Å². The highest BCUT2D eigenvalue weighted by Crippen LogP contribution is 2.29. The lowest BCUT2D eigenvalue weighted by Crippen LogP contribution is -2.47. The summed E-state index contributed by atoms with van der Waals surface area (Å²) in [6.45, 7) is 9.49. The number of rotatable bonds is 1. The topological polar surface area (TPSA) is 29.1 Å². The predicted octanol–water partition coefficient (Wildman–Crippen LogP) is 1.66. The molecule has 2 heteroatoms. The van der Waals surface area contributed by atoms with Gasteiger partial charge in [-0.2, -0.15) is 0 Å². The third-order valence-corrected chi connectivity index (χ3v) is 3.08. The molecule has 1 aliphatic heterocycles. The third kappa shape index (κ3) is 1.62. The van der Waals surface area contributed by atoms with Crippen molar-refractivity contribution in [3.8, 4) is 0 Å². The van der Waals surface area contributed by atoms with Gasteiger partial charge in [0.2, 0.25) is 5.91 Å². The van der Waals surface area contributed by atoms with E-state index in [9.17, 15) is 4.79 Å². The van der Waals surface area contributed by atoms with Crippen LogP contribution in [0, 0.1) is 23.7 Å². The van der Waals surface area contributed by atoms with Crippen LogP contribution in [0.2, 0.25) is 0 Å². The largest absolute Gasteiger partial charge is 0.356 e. The highest BCUT2D eigenvalue weighted by atomic mass is 16.2. The first-order valence-electron chi connectivity index (χ1n) is 4.81. The average Bonchev–Trinajstić information content (AvgIpc) is 1.97. The first-order chi connectivity index (χ1) is 5.54. The zero-order valence-corrected chi connectivity index (χ0v) is 8.42. The van der Waals surface area contributed by atoms with Crippen molar-refractivity contribution in [2.75, 3.05) is 6.54 Å². The van der Waals surface area contributed by atoms with E-state index >= 15 is 0 Å². The number of hydrogen-bond acceptors (Lipinski definition) is 1. The molecule has 1 heterocycles. The molecule has 1 amide bonds. The Hall–Kier alpha value is -0.530. The molecule has 0 saturated carbocycles. The predicted molar refractivity (Wildman–Crippen MR) is 49.7 cm³/mol. The molecular weight excluding hydrogens is 150 g/mol. The summed E-state index contributed by atoms with van der Waals surface area (Å²) in [5.74, 6) is 2.07. The van der Waals surface area contributed by atoms with Crippen LogP contribution in [0.15, 0.2) is 0 Å². The van der Waals surface area contributed by atoms with Crippen LogP contribution < -0.4 is 5.32 Å². The molecule has 3 unspecified atom stereocenters. The van der Waals surface area contributed by atoms with Gasteiger partial charge in [0, 0.05) is 12.5 Å². The molecule has 1 rings (SSSR count). The lowest BCUT2D eigenvalue weighted by Gasteiger charge is -2.35. The SMILES string of the molecule is CC(C)C1C(=O)NCC(C)C1C. The molecule has 1 saturated heterocycles. The molecule has 1 fully saturated rings. The second-order valence-corrected chi connectivity index (χ2v) is 4.35. The van der Waals surface area contributed by atoms with Crippen LogP contribution in [0.4, 0.5) is 0 Å². The fourth-order valence-electron chi connectivity index (χ4n) is 2.07. The maximum atomic E-state index is 11.5. The molecule has 0 bridgehead atoms. The first-order valence-corrected chi connectivity index (χ1v) is 4.81. The van der Waals surface area contributed by atoms with Gasteiger partial charge in [-0.15, -0.1) is 0 Å². The first kappa shape index (κ1) is 9.56. The van der Waals surface area contributed by atoms with Crippen molar-refractivity contribution in [2.45, 2.75) is 27.7 Å². The molecule has 2 nitrogen and oxygen atoms in total. The summed E-state index contributed by atoms with van der Waals surface area (Å²) in [4.78, 5) is 11.5. The zero-order chi connectivity index (χ0) is 9.30. The van der Waals surface area contributed by atoms with Gasteiger partial charge in [-0.05, 0) is 17.8 Å². The monoisotopic (exact) mass is 169 g/mol. The van der Waals surface area contributed by atoms with Crippen LogP contribution in [0.1, 0.15) is 27.7 Å². The number of piperidine rings is 1. The van der Waals surface area contributed by atoms with E-state index in [1.54, 1.807) is 0 Å². The summed E-state index contributed by atoms with van der Waals surface area (Å²) in [5.41, 5.74) is 0. The fraction of sp³-hybridized carbons (Fsp3) is 0.900. The van der Waals surface area contributed by atoms with Gasteiger partial charge in [-0.3, -0.25) is 4.79 Å². The van der Waals surface area contributed by atoms with E-state index in [0.29, 0.717) is 17.8 Å². The number of carbonyl (C=O) groups is 1. The molecule has 1 aliphatic rings. The van der Waals surface area contributed by atoms with Crippen molar-refractivity contribution < 1.29 is 4.79 Å². The summed E-state index contributed by atoms with van der Waals surface area (Å²) in [5, 5.41) is 2.95. The second kappa shape index (κ2) is 3.46. The minimum absolute atomic E-state index is 0.216. The second-order valence-electron chi connectivity index (χ2n) is 4.35. The summed E-state index contributed by atoms with van der Waals surface area (Å²) in [6, 6.07) is 0. The number of nitrogens with one attached hydrogen (secondary N) is 1. The van der Waals surface area contributed by atoms with E-state index in [2.05, 4.69) is 33.0 Å². The van der Waals surface area contributed by atoms with Crippen LogP contribution in [-0.2, 0) is 4.79 Å². The van der Waals surface area contributed by atoms with Gasteiger partial charge in [-0.1, -0.05) is 27.7 Å². The molecule has 3 atom stereocenters. The maximum Gasteiger partial charge on any atom is 0.223 e. The number of amides is 1. The van der Waals surface area contributed by atoms with Gasteiger partial charge < -0.3 is 5.32 Å². The summed E-state index contributed by atoms with van der Waals surface area (Å²) in [7, 11) is 0. The quantitative estimate of drug-likeness (QED) is 0.635. The number of hydrogen-bond donors (Lipinski definition) is 1. The van der Waals surface area contributed by atoms with E-state index in [1.807, 2.05) is 0 Å². The normalized spacial score (nSPS) is 36.8. The molecule has 70 valence electrons. The molecule has 0 aromatic carbocycles. The van der Waals surface area contributed by atoms with Crippen LogP contribution >= 0.6 is 0 Å². The maximum absolute atomic E-state index is 11.5. The average molecular weight is 169 g/mol. The van der Waals surface area contributed by atoms with Crippen molar-refractivity contribution in [1.29, 1.82) is 0 Å². The van der Waals surface area contributed by atoms with E-state index < -0.39 is 0 Å². The van der Waals surface area contributed by atoms with E-state index in [-0.39, 0.29) is 11.8 Å². The smallest absolute Gasteiger partial charge is 0.223 e. The lowest BCUT2D eigenvalue weighted by atomic mass is 9.75. The summed E-state index contributed by atoms with van der Waals surface area (Å²) in [6.07, 6.45) is 0. The third-order valence-electron chi connectivity index (χ3n) is 3.08. The molecule has 0 spiro atoms. The molecule has 0 radical (unpaired) electrons. The Balaban J connectivity index is 2.72. The molecular formula is C10H19NO. The van der Waals surface area contributed by atoms with Crippen molar-refractivity contribution >= 4 is 5.91 Å². The summed E-state index contributed by atoms with van der Waals surface area (Å²) < 4.78 is 0. The Morgan fingerprint density at radius 3 is 2.42 bits per heavy atom. The van der Waals surface area contributed by atoms with Crippen molar-refractivity contribution in [3.05, 3.63) is 0 Å². The highest BCUT2D eigenvalue weighted by molar-refractivity contribution is 5.80. The van der Waals surface area contributed by atoms with Gasteiger partial charge in [0.25, 0.3) is 0 Å². The van der Waals surface area contributed by atoms with Gasteiger partial charge in [0.15, 0.2) is 0 Å². The van der Waals surface area contributed by atoms with Crippen molar-refractivity contribution in [3.63, 3.8) is 0 Å². The van der Waals surface area contributed by atoms with Crippen LogP contribution in [0.3, 0.4) is 0 Å². The van der Waals surface area contributed by atoms with Crippen LogP contribution in [-0.4, -0.2) is 12.5 Å². The highest BCUT2D eigenvalue weighted by Gasteiger charge is 2.35. The fourth-order valence-corrected chi connectivity index (χ4v) is 2.07. The molecule has 0 aromatic heterocycles. The van der Waals surface area contributed by atoms with Gasteiger partial charge in [-0.25, -0.2) is 0 Å². The molecule has 0 aromatic rings. The Morgan fingerprint density at radius 1 is 1.42 bits per heavy atom. The minimum Gasteiger partial charge on any atom is -0.356 e. The van der Waals surface area contributed by atoms with Gasteiger partial charge in [0.05, 0.1) is 0 Å². The van der Waals surface area contributed by atoms with Gasteiger partial charge in [0.1, 0.15) is 0 Å². The van der Waals surface area contributed by atoms with Crippen molar-refractivity contribution in [1.82, 2.24) is 5.32 Å². The van der Waals surface area contributed by atoms with Crippen molar-refractivity contribution in [2.24, 2.45) is 23.7 Å². The minimum atomic E-state index is 0.216. The summed E-state index contributed by atoms with van der Waals surface area (Å²) >= 11 is 0. The number of carbonyl (C=O) groups excluding carboxylic acids is 1. The Labute approximate surface area is 74.7 Å². The van der Waals surface area contributed by atoms with Crippen LogP contribution in [0.25, 0.3) is 0 Å². The van der Waals surface area contributed by atoms with Crippen LogP contribution in [0.5, 0.6) is 0 Å².